The summed E-state index contributed by atoms with van der Waals surface area (Å²) in [5.74, 6) is 4.14. The topological polar surface area (TPSA) is 106 Å². The van der Waals surface area contributed by atoms with Crippen LogP contribution in [0.5, 0.6) is 34.8 Å². The molecule has 0 aliphatic carbocycles. The van der Waals surface area contributed by atoms with Crippen molar-refractivity contribution in [2.45, 2.75) is 39.3 Å². The summed E-state index contributed by atoms with van der Waals surface area (Å²) in [6.07, 6.45) is 3.11. The lowest BCUT2D eigenvalue weighted by Crippen LogP contribution is -2.26. The lowest BCUT2D eigenvalue weighted by Gasteiger charge is -2.23. The second kappa shape index (κ2) is 12.3. The van der Waals surface area contributed by atoms with Gasteiger partial charge in [0.05, 0.1) is 40.1 Å². The molecule has 1 N–H and O–H groups in total. The van der Waals surface area contributed by atoms with Crippen LogP contribution in [0.1, 0.15) is 29.5 Å². The summed E-state index contributed by atoms with van der Waals surface area (Å²) in [6.45, 7) is 5.70. The zero-order chi connectivity index (χ0) is 28.1. The number of aryl methyl sites for hydroxylation is 1. The fourth-order valence-electron chi connectivity index (χ4n) is 4.72. The van der Waals surface area contributed by atoms with Crippen LogP contribution in [-0.4, -0.2) is 55.6 Å². The van der Waals surface area contributed by atoms with E-state index in [4.69, 9.17) is 33.4 Å². The zero-order valence-corrected chi connectivity index (χ0v) is 23.4. The third-order valence-electron chi connectivity index (χ3n) is 6.93. The molecule has 2 aromatic heterocycles. The molecule has 0 amide bonds. The van der Waals surface area contributed by atoms with E-state index in [0.29, 0.717) is 65.5 Å². The molecule has 0 saturated carbocycles. The monoisotopic (exact) mass is 546 g/mol. The Bertz CT molecular complexity index is 1490. The normalized spacial score (nSPS) is 13.6. The van der Waals surface area contributed by atoms with Crippen LogP contribution in [0.3, 0.4) is 0 Å². The highest BCUT2D eigenvalue weighted by Crippen LogP contribution is 2.39. The first kappa shape index (κ1) is 27.3. The molecule has 3 heterocycles. The third-order valence-corrected chi connectivity index (χ3v) is 6.93. The number of hydrogen-bond donors (Lipinski definition) is 1. The molecule has 1 aliphatic heterocycles. The van der Waals surface area contributed by atoms with Crippen molar-refractivity contribution < 1.29 is 28.4 Å². The number of nitrogens with zero attached hydrogens (tertiary/aromatic N) is 3. The highest BCUT2D eigenvalue weighted by Gasteiger charge is 2.21. The van der Waals surface area contributed by atoms with Gasteiger partial charge in [-0.1, -0.05) is 6.07 Å². The predicted octanol–water partition coefficient (Wildman–Crippen LogP) is 5.63. The van der Waals surface area contributed by atoms with E-state index in [1.54, 1.807) is 21.3 Å². The van der Waals surface area contributed by atoms with Crippen LogP contribution in [0.25, 0.3) is 10.9 Å². The zero-order valence-electron chi connectivity index (χ0n) is 23.4. The Kier molecular flexibility index (Phi) is 8.35. The molecule has 5 rings (SSSR count). The molecule has 0 unspecified atom stereocenters. The lowest BCUT2D eigenvalue weighted by atomic mass is 10.1. The molecule has 10 nitrogen and oxygen atoms in total. The van der Waals surface area contributed by atoms with Crippen LogP contribution < -0.4 is 29.0 Å². The van der Waals surface area contributed by atoms with Crippen LogP contribution in [0.2, 0.25) is 0 Å². The summed E-state index contributed by atoms with van der Waals surface area (Å²) in [5, 5.41) is 4.06. The maximum atomic E-state index is 6.54. The average Bonchev–Trinajstić information content (AvgIpc) is 2.98. The summed E-state index contributed by atoms with van der Waals surface area (Å²) >= 11 is 0. The number of aromatic nitrogens is 3. The molecule has 4 aromatic rings. The van der Waals surface area contributed by atoms with E-state index in [2.05, 4.69) is 15.3 Å². The first-order chi connectivity index (χ1) is 19.5. The molecule has 1 fully saturated rings. The van der Waals surface area contributed by atoms with Crippen LogP contribution in [0, 0.1) is 13.8 Å². The minimum absolute atomic E-state index is 0.00816. The highest BCUT2D eigenvalue weighted by molar-refractivity contribution is 5.94. The first-order valence-corrected chi connectivity index (χ1v) is 13.2. The Morgan fingerprint density at radius 3 is 2.48 bits per heavy atom. The quantitative estimate of drug-likeness (QED) is 0.269. The number of hydrogen-bond acceptors (Lipinski definition) is 10. The smallest absolute Gasteiger partial charge is 0.235 e. The maximum absolute atomic E-state index is 6.54. The van der Waals surface area contributed by atoms with Crippen molar-refractivity contribution in [2.75, 3.05) is 39.9 Å². The van der Waals surface area contributed by atoms with Crippen molar-refractivity contribution in [1.82, 2.24) is 15.0 Å². The molecule has 40 heavy (non-hydrogen) atoms. The summed E-state index contributed by atoms with van der Waals surface area (Å²) < 4.78 is 34.7. The standard InChI is InChI=1S/C30H34N4O6/c1-18-6-9-24(36-4)19(2)28(18)40-30-27-23(15-26(34-30)39-21-10-12-38-13-11-21)32-17-33-29(27)31-16-20-7-8-22(35-3)14-25(20)37-5/h6-9,14-15,17,21H,10-13,16H2,1-5H3,(H,31,32,33). The molecule has 0 atom stereocenters. The van der Waals surface area contributed by atoms with Gasteiger partial charge in [-0.25, -0.2) is 9.97 Å². The van der Waals surface area contributed by atoms with Crippen molar-refractivity contribution in [3.05, 3.63) is 59.4 Å². The van der Waals surface area contributed by atoms with Gasteiger partial charge >= 0.3 is 0 Å². The Balaban J connectivity index is 1.55. The van der Waals surface area contributed by atoms with Gasteiger partial charge in [0, 0.05) is 42.6 Å². The largest absolute Gasteiger partial charge is 0.497 e. The van der Waals surface area contributed by atoms with E-state index in [1.165, 1.54) is 6.33 Å². The number of methoxy groups -OCH3 is 3. The van der Waals surface area contributed by atoms with Crippen LogP contribution in [0.15, 0.2) is 42.7 Å². The lowest BCUT2D eigenvalue weighted by molar-refractivity contribution is 0.0236. The van der Waals surface area contributed by atoms with Gasteiger partial charge in [0.2, 0.25) is 11.8 Å². The molecular formula is C30H34N4O6. The van der Waals surface area contributed by atoms with E-state index < -0.39 is 0 Å². The molecule has 0 bridgehead atoms. The predicted molar refractivity (Wildman–Crippen MR) is 151 cm³/mol. The molecular weight excluding hydrogens is 512 g/mol. The van der Waals surface area contributed by atoms with Gasteiger partial charge in [0.1, 0.15) is 46.6 Å². The Morgan fingerprint density at radius 1 is 0.925 bits per heavy atom. The molecule has 0 spiro atoms. The molecule has 0 radical (unpaired) electrons. The fourth-order valence-corrected chi connectivity index (χ4v) is 4.72. The van der Waals surface area contributed by atoms with Gasteiger partial charge in [-0.3, -0.25) is 0 Å². The van der Waals surface area contributed by atoms with Crippen molar-refractivity contribution in [2.24, 2.45) is 0 Å². The number of nitrogens with one attached hydrogen (secondary N) is 1. The van der Waals surface area contributed by atoms with E-state index in [0.717, 1.165) is 35.3 Å². The second-order valence-electron chi connectivity index (χ2n) is 9.48. The molecule has 210 valence electrons. The molecule has 1 aliphatic rings. The van der Waals surface area contributed by atoms with Crippen LogP contribution >= 0.6 is 0 Å². The summed E-state index contributed by atoms with van der Waals surface area (Å²) in [7, 11) is 4.90. The van der Waals surface area contributed by atoms with E-state index in [9.17, 15) is 0 Å². The van der Waals surface area contributed by atoms with Gasteiger partial charge in [-0.05, 0) is 37.6 Å². The highest BCUT2D eigenvalue weighted by atomic mass is 16.5. The summed E-state index contributed by atoms with van der Waals surface area (Å²) in [4.78, 5) is 13.9. The maximum Gasteiger partial charge on any atom is 0.235 e. The van der Waals surface area contributed by atoms with Gasteiger partial charge in [0.15, 0.2) is 0 Å². The van der Waals surface area contributed by atoms with Gasteiger partial charge in [0.25, 0.3) is 0 Å². The fraction of sp³-hybridized carbons (Fsp3) is 0.367. The van der Waals surface area contributed by atoms with Gasteiger partial charge < -0.3 is 33.7 Å². The van der Waals surface area contributed by atoms with Gasteiger partial charge in [-0.15, -0.1) is 0 Å². The summed E-state index contributed by atoms with van der Waals surface area (Å²) in [6, 6.07) is 11.4. The number of rotatable bonds is 10. The Morgan fingerprint density at radius 2 is 1.73 bits per heavy atom. The number of benzene rings is 2. The molecule has 10 heteroatoms. The molecule has 2 aromatic carbocycles. The number of ether oxygens (including phenoxy) is 6. The van der Waals surface area contributed by atoms with E-state index in [1.807, 2.05) is 50.2 Å². The van der Waals surface area contributed by atoms with Crippen molar-refractivity contribution in [3.63, 3.8) is 0 Å². The van der Waals surface area contributed by atoms with Crippen molar-refractivity contribution in [1.29, 1.82) is 0 Å². The average molecular weight is 547 g/mol. The number of anilines is 1. The van der Waals surface area contributed by atoms with Crippen LogP contribution in [0.4, 0.5) is 5.82 Å². The first-order valence-electron chi connectivity index (χ1n) is 13.2. The van der Waals surface area contributed by atoms with Crippen LogP contribution in [-0.2, 0) is 11.3 Å². The van der Waals surface area contributed by atoms with E-state index in [-0.39, 0.29) is 6.10 Å². The minimum Gasteiger partial charge on any atom is -0.497 e. The minimum atomic E-state index is 0.00816. The van der Waals surface area contributed by atoms with E-state index >= 15 is 0 Å². The molecule has 1 saturated heterocycles. The Hall–Kier alpha value is -4.31. The number of pyridine rings is 1. The second-order valence-corrected chi connectivity index (χ2v) is 9.48. The Labute approximate surface area is 233 Å². The van der Waals surface area contributed by atoms with Crippen molar-refractivity contribution >= 4 is 16.7 Å². The third kappa shape index (κ3) is 5.81. The van der Waals surface area contributed by atoms with Crippen molar-refractivity contribution in [3.8, 4) is 34.8 Å². The summed E-state index contributed by atoms with van der Waals surface area (Å²) in [5.41, 5.74) is 3.38. The van der Waals surface area contributed by atoms with Gasteiger partial charge in [-0.2, -0.15) is 4.98 Å². The number of fused-ring (bicyclic) bond motifs is 1. The SMILES string of the molecule is COc1ccc(CNc2ncnc3cc(OC4CCOCC4)nc(Oc4c(C)ccc(OC)c4C)c23)c(OC)c1.